The van der Waals surface area contributed by atoms with Gasteiger partial charge in [0.05, 0.1) is 6.20 Å². The van der Waals surface area contributed by atoms with E-state index in [1.807, 2.05) is 32.0 Å². The van der Waals surface area contributed by atoms with Crippen LogP contribution < -0.4 is 10.5 Å². The zero-order valence-electron chi connectivity index (χ0n) is 10.4. The maximum absolute atomic E-state index is 6.12. The number of ether oxygens (including phenoxy) is 1. The Morgan fingerprint density at radius 3 is 2.56 bits per heavy atom. The number of pyridine rings is 1. The molecule has 0 unspecified atom stereocenters. The number of aromatic nitrogens is 1. The molecule has 0 aliphatic heterocycles. The molecule has 0 aliphatic carbocycles. The van der Waals surface area contributed by atoms with Gasteiger partial charge in [0.1, 0.15) is 11.5 Å². The molecule has 4 heteroatoms. The predicted octanol–water partition coefficient (Wildman–Crippen LogP) is 3.60. The van der Waals surface area contributed by atoms with Gasteiger partial charge in [0.25, 0.3) is 0 Å². The van der Waals surface area contributed by atoms with E-state index in [1.165, 1.54) is 0 Å². The zero-order chi connectivity index (χ0) is 13.1. The lowest BCUT2D eigenvalue weighted by Gasteiger charge is -2.11. The topological polar surface area (TPSA) is 48.1 Å². The fourth-order valence-electron chi connectivity index (χ4n) is 1.76. The summed E-state index contributed by atoms with van der Waals surface area (Å²) in [5.41, 5.74) is 8.57. The molecule has 2 aromatic rings. The highest BCUT2D eigenvalue weighted by Crippen LogP contribution is 2.30. The van der Waals surface area contributed by atoms with Crippen LogP contribution in [-0.4, -0.2) is 4.98 Å². The Hall–Kier alpha value is -1.58. The van der Waals surface area contributed by atoms with Crippen LogP contribution in [0.1, 0.15) is 16.7 Å². The van der Waals surface area contributed by atoms with Crippen molar-refractivity contribution in [3.63, 3.8) is 0 Å². The standard InChI is InChI=1S/C14H15ClN2O/c1-9-5-12(6-10(2)14(9)15)18-13-8-17-4-3-11(13)7-16/h3-6,8H,7,16H2,1-2H3. The fraction of sp³-hybridized carbons (Fsp3) is 0.214. The third-order valence-corrected chi connectivity index (χ3v) is 3.32. The maximum Gasteiger partial charge on any atom is 0.150 e. The van der Waals surface area contributed by atoms with Crippen LogP contribution in [0.25, 0.3) is 0 Å². The second-order valence-corrected chi connectivity index (χ2v) is 4.54. The minimum absolute atomic E-state index is 0.420. The van der Waals surface area contributed by atoms with Gasteiger partial charge in [-0.05, 0) is 43.2 Å². The van der Waals surface area contributed by atoms with Gasteiger partial charge in [-0.3, -0.25) is 4.98 Å². The number of rotatable bonds is 3. The van der Waals surface area contributed by atoms with Gasteiger partial charge in [-0.2, -0.15) is 0 Å². The maximum atomic E-state index is 6.12. The molecule has 1 aromatic heterocycles. The Morgan fingerprint density at radius 1 is 1.28 bits per heavy atom. The van der Waals surface area contributed by atoms with Gasteiger partial charge >= 0.3 is 0 Å². The molecular weight excluding hydrogens is 248 g/mol. The van der Waals surface area contributed by atoms with Gasteiger partial charge in [-0.25, -0.2) is 0 Å². The van der Waals surface area contributed by atoms with Crippen LogP contribution in [0.5, 0.6) is 11.5 Å². The van der Waals surface area contributed by atoms with Crippen molar-refractivity contribution in [1.82, 2.24) is 4.98 Å². The van der Waals surface area contributed by atoms with Gasteiger partial charge in [0.2, 0.25) is 0 Å². The van der Waals surface area contributed by atoms with Crippen molar-refractivity contribution in [2.45, 2.75) is 20.4 Å². The van der Waals surface area contributed by atoms with E-state index < -0.39 is 0 Å². The van der Waals surface area contributed by atoms with E-state index in [-0.39, 0.29) is 0 Å². The van der Waals surface area contributed by atoms with Crippen LogP contribution in [0, 0.1) is 13.8 Å². The summed E-state index contributed by atoms with van der Waals surface area (Å²) in [7, 11) is 0. The number of nitrogens with zero attached hydrogens (tertiary/aromatic N) is 1. The summed E-state index contributed by atoms with van der Waals surface area (Å²) in [6.07, 6.45) is 3.37. The Morgan fingerprint density at radius 2 is 1.94 bits per heavy atom. The largest absolute Gasteiger partial charge is 0.455 e. The average Bonchev–Trinajstić information content (AvgIpc) is 2.36. The van der Waals surface area contributed by atoms with Crippen LogP contribution in [0.3, 0.4) is 0 Å². The molecule has 0 fully saturated rings. The zero-order valence-corrected chi connectivity index (χ0v) is 11.2. The first-order chi connectivity index (χ1) is 8.61. The first-order valence-corrected chi connectivity index (χ1v) is 6.07. The number of aryl methyl sites for hydroxylation is 2. The Balaban J connectivity index is 2.34. The van der Waals surface area contributed by atoms with Gasteiger partial charge in [0, 0.05) is 23.3 Å². The molecule has 0 amide bonds. The summed E-state index contributed by atoms with van der Waals surface area (Å²) in [5.74, 6) is 1.43. The summed E-state index contributed by atoms with van der Waals surface area (Å²) in [6.45, 7) is 4.33. The third-order valence-electron chi connectivity index (χ3n) is 2.73. The summed E-state index contributed by atoms with van der Waals surface area (Å²) >= 11 is 6.12. The predicted molar refractivity (Wildman–Crippen MR) is 73.1 cm³/mol. The normalized spacial score (nSPS) is 10.4. The molecule has 0 saturated heterocycles. The highest BCUT2D eigenvalue weighted by molar-refractivity contribution is 6.32. The van der Waals surface area contributed by atoms with Gasteiger partial charge in [-0.15, -0.1) is 0 Å². The molecule has 0 saturated carbocycles. The second-order valence-electron chi connectivity index (χ2n) is 4.16. The van der Waals surface area contributed by atoms with E-state index in [0.717, 1.165) is 27.5 Å². The highest BCUT2D eigenvalue weighted by Gasteiger charge is 2.07. The van der Waals surface area contributed by atoms with E-state index >= 15 is 0 Å². The van der Waals surface area contributed by atoms with Crippen molar-refractivity contribution in [3.8, 4) is 11.5 Å². The third kappa shape index (κ3) is 2.63. The number of nitrogens with two attached hydrogens (primary N) is 1. The van der Waals surface area contributed by atoms with Crippen molar-refractivity contribution in [3.05, 3.63) is 52.3 Å². The molecule has 0 spiro atoms. The van der Waals surface area contributed by atoms with Crippen molar-refractivity contribution < 1.29 is 4.74 Å². The van der Waals surface area contributed by atoms with Crippen molar-refractivity contribution in [2.75, 3.05) is 0 Å². The van der Waals surface area contributed by atoms with Gasteiger partial charge in [-0.1, -0.05) is 11.6 Å². The summed E-state index contributed by atoms with van der Waals surface area (Å²) in [6, 6.07) is 5.66. The van der Waals surface area contributed by atoms with Crippen molar-refractivity contribution in [1.29, 1.82) is 0 Å². The molecule has 1 aromatic carbocycles. The van der Waals surface area contributed by atoms with E-state index in [9.17, 15) is 0 Å². The molecule has 0 atom stereocenters. The first kappa shape index (κ1) is 12.9. The molecular formula is C14H15ClN2O. The molecule has 0 bridgehead atoms. The van der Waals surface area contributed by atoms with Crippen molar-refractivity contribution >= 4 is 11.6 Å². The number of halogens is 1. The number of hydrogen-bond acceptors (Lipinski definition) is 3. The van der Waals surface area contributed by atoms with E-state index in [1.54, 1.807) is 12.4 Å². The summed E-state index contributed by atoms with van der Waals surface area (Å²) in [4.78, 5) is 4.05. The minimum Gasteiger partial charge on any atom is -0.455 e. The first-order valence-electron chi connectivity index (χ1n) is 5.69. The van der Waals surface area contributed by atoms with Gasteiger partial charge < -0.3 is 10.5 Å². The lowest BCUT2D eigenvalue weighted by molar-refractivity contribution is 0.473. The molecule has 94 valence electrons. The smallest absolute Gasteiger partial charge is 0.150 e. The van der Waals surface area contributed by atoms with E-state index in [2.05, 4.69) is 4.98 Å². The lowest BCUT2D eigenvalue weighted by atomic mass is 10.1. The van der Waals surface area contributed by atoms with Crippen LogP contribution >= 0.6 is 11.6 Å². The highest BCUT2D eigenvalue weighted by atomic mass is 35.5. The lowest BCUT2D eigenvalue weighted by Crippen LogP contribution is -2.00. The van der Waals surface area contributed by atoms with Crippen LogP contribution in [0.4, 0.5) is 0 Å². The Labute approximate surface area is 112 Å². The molecule has 1 heterocycles. The summed E-state index contributed by atoms with van der Waals surface area (Å²) < 4.78 is 5.82. The fourth-order valence-corrected chi connectivity index (χ4v) is 1.87. The summed E-state index contributed by atoms with van der Waals surface area (Å²) in [5, 5.41) is 0.771. The van der Waals surface area contributed by atoms with Crippen LogP contribution in [0.2, 0.25) is 5.02 Å². The van der Waals surface area contributed by atoms with E-state index in [4.69, 9.17) is 22.1 Å². The van der Waals surface area contributed by atoms with E-state index in [0.29, 0.717) is 12.3 Å². The Bertz CT molecular complexity index is 546. The van der Waals surface area contributed by atoms with Crippen molar-refractivity contribution in [2.24, 2.45) is 5.73 Å². The molecule has 0 radical (unpaired) electrons. The molecule has 0 aliphatic rings. The van der Waals surface area contributed by atoms with Crippen LogP contribution in [-0.2, 0) is 6.54 Å². The molecule has 2 N–H and O–H groups in total. The van der Waals surface area contributed by atoms with Crippen LogP contribution in [0.15, 0.2) is 30.6 Å². The molecule has 2 rings (SSSR count). The average molecular weight is 263 g/mol. The molecule has 3 nitrogen and oxygen atoms in total. The Kier molecular flexibility index (Phi) is 3.84. The quantitative estimate of drug-likeness (QED) is 0.919. The number of benzene rings is 1. The monoisotopic (exact) mass is 262 g/mol. The minimum atomic E-state index is 0.420. The second kappa shape index (κ2) is 5.38. The molecule has 18 heavy (non-hydrogen) atoms. The number of hydrogen-bond donors (Lipinski definition) is 1. The van der Waals surface area contributed by atoms with Gasteiger partial charge in [0.15, 0.2) is 0 Å². The SMILES string of the molecule is Cc1cc(Oc2cnccc2CN)cc(C)c1Cl.